The van der Waals surface area contributed by atoms with Crippen LogP contribution in [-0.4, -0.2) is 0 Å². The summed E-state index contributed by atoms with van der Waals surface area (Å²) in [6.07, 6.45) is 5.61. The Labute approximate surface area is 117 Å². The lowest BCUT2D eigenvalue weighted by Gasteiger charge is -1.99. The van der Waals surface area contributed by atoms with Gasteiger partial charge in [-0.2, -0.15) is 0 Å². The highest BCUT2D eigenvalue weighted by Crippen LogP contribution is 2.11. The molecule has 1 aliphatic rings. The van der Waals surface area contributed by atoms with E-state index in [1.165, 1.54) is 21.6 Å². The summed E-state index contributed by atoms with van der Waals surface area (Å²) < 4.78 is 0. The monoisotopic (exact) mass is 252 g/mol. The number of rotatable bonds is 0. The van der Waals surface area contributed by atoms with Gasteiger partial charge in [0.15, 0.2) is 0 Å². The Balaban J connectivity index is 0.000000415. The van der Waals surface area contributed by atoms with Crippen LogP contribution in [0.25, 0.3) is 12.2 Å². The normalized spacial score (nSPS) is 10.7. The Morgan fingerprint density at radius 2 is 1.26 bits per heavy atom. The Morgan fingerprint density at radius 3 is 2.00 bits per heavy atom. The molecule has 0 heteroatoms. The maximum Gasteiger partial charge on any atom is -0.00823 e. The Morgan fingerprint density at radius 1 is 0.684 bits per heavy atom. The van der Waals surface area contributed by atoms with Crippen LogP contribution < -0.4 is 10.4 Å². The number of fused-ring (bicyclic) bond motifs is 2. The lowest BCUT2D eigenvalue weighted by atomic mass is 10.1. The van der Waals surface area contributed by atoms with E-state index in [9.17, 15) is 0 Å². The Hall–Kier alpha value is -1.82. The van der Waals surface area contributed by atoms with Gasteiger partial charge >= 0.3 is 0 Å². The minimum absolute atomic E-state index is 1.03. The van der Waals surface area contributed by atoms with Gasteiger partial charge in [0.2, 0.25) is 0 Å². The van der Waals surface area contributed by atoms with E-state index >= 15 is 0 Å². The summed E-state index contributed by atoms with van der Waals surface area (Å²) in [4.78, 5) is 0. The van der Waals surface area contributed by atoms with E-state index in [2.05, 4.69) is 60.7 Å². The van der Waals surface area contributed by atoms with Crippen LogP contribution in [-0.2, 0) is 6.42 Å². The fraction of sp³-hybridized carbons (Fsp3) is 0.263. The van der Waals surface area contributed by atoms with Crippen molar-refractivity contribution in [2.24, 2.45) is 0 Å². The molecule has 0 unspecified atom stereocenters. The Bertz CT molecular complexity index is 606. The topological polar surface area (TPSA) is 0 Å². The van der Waals surface area contributed by atoms with Crippen LogP contribution >= 0.6 is 0 Å². The molecule has 2 aromatic carbocycles. The Kier molecular flexibility index (Phi) is 6.67. The van der Waals surface area contributed by atoms with Crippen molar-refractivity contribution in [3.05, 3.63) is 70.1 Å². The molecule has 3 rings (SSSR count). The lowest BCUT2D eigenvalue weighted by molar-refractivity contribution is 1.32. The predicted octanol–water partition coefficient (Wildman–Crippen LogP) is 3.90. The largest absolute Gasteiger partial charge is 0.0722 e. The maximum absolute atomic E-state index is 2.30. The molecule has 2 aromatic rings. The third-order valence-corrected chi connectivity index (χ3v) is 2.90. The molecule has 0 saturated carbocycles. The fourth-order valence-electron chi connectivity index (χ4n) is 2.08. The second-order valence-corrected chi connectivity index (χ2v) is 3.88. The van der Waals surface area contributed by atoms with Crippen molar-refractivity contribution in [2.45, 2.75) is 34.1 Å². The van der Waals surface area contributed by atoms with Gasteiger partial charge in [-0.15, -0.1) is 0 Å². The summed E-state index contributed by atoms with van der Waals surface area (Å²) in [5.41, 5.74) is 2.76. The van der Waals surface area contributed by atoms with Gasteiger partial charge < -0.3 is 0 Å². The molecule has 1 aliphatic carbocycles. The molecular formula is C19H24. The molecule has 100 valence electrons. The van der Waals surface area contributed by atoms with Gasteiger partial charge in [-0.1, -0.05) is 82.3 Å². The molecule has 0 N–H and O–H groups in total. The van der Waals surface area contributed by atoms with Crippen LogP contribution in [0.3, 0.4) is 0 Å². The molecular weight excluding hydrogens is 228 g/mol. The van der Waals surface area contributed by atoms with E-state index in [1.54, 1.807) is 0 Å². The lowest BCUT2D eigenvalue weighted by Crippen LogP contribution is -2.22. The zero-order chi connectivity index (χ0) is 14.1. The van der Waals surface area contributed by atoms with Crippen LogP contribution in [0.1, 0.15) is 38.8 Å². The van der Waals surface area contributed by atoms with E-state index in [-0.39, 0.29) is 0 Å². The second kappa shape index (κ2) is 8.31. The molecule has 0 heterocycles. The highest BCUT2D eigenvalue weighted by atomic mass is 14.0. The van der Waals surface area contributed by atoms with E-state index in [1.807, 2.05) is 27.7 Å². The third-order valence-electron chi connectivity index (χ3n) is 2.90. The van der Waals surface area contributed by atoms with Gasteiger partial charge in [-0.05, 0) is 34.1 Å². The first-order chi connectivity index (χ1) is 9.43. The number of hydrogen-bond acceptors (Lipinski definition) is 0. The molecule has 0 bridgehead atoms. The molecule has 0 fully saturated rings. The minimum atomic E-state index is 1.03. The van der Waals surface area contributed by atoms with E-state index in [4.69, 9.17) is 0 Å². The first kappa shape index (κ1) is 15.2. The highest BCUT2D eigenvalue weighted by molar-refractivity contribution is 5.58. The van der Waals surface area contributed by atoms with Gasteiger partial charge in [0.1, 0.15) is 0 Å². The zero-order valence-corrected chi connectivity index (χ0v) is 12.5. The van der Waals surface area contributed by atoms with Crippen molar-refractivity contribution in [1.29, 1.82) is 0 Å². The molecule has 0 radical (unpaired) electrons. The SMILES string of the molecule is C1=c2ccccc2=Cc2ccccc2C1.CC.CC. The standard InChI is InChI=1S/C15H12.2C2H6/c1-3-7-14-11-15-8-4-2-6-13(15)10-9-12(14)5-1;2*1-2/h1-9,11H,10H2;2*1-2H3. The van der Waals surface area contributed by atoms with Gasteiger partial charge in [0, 0.05) is 0 Å². The molecule has 0 aliphatic heterocycles. The van der Waals surface area contributed by atoms with Gasteiger partial charge in [-0.3, -0.25) is 0 Å². The van der Waals surface area contributed by atoms with E-state index < -0.39 is 0 Å². The summed E-state index contributed by atoms with van der Waals surface area (Å²) in [5.74, 6) is 0. The van der Waals surface area contributed by atoms with Gasteiger partial charge in [0.25, 0.3) is 0 Å². The van der Waals surface area contributed by atoms with E-state index in [0.29, 0.717) is 0 Å². The molecule has 0 spiro atoms. The van der Waals surface area contributed by atoms with Crippen LogP contribution in [0, 0.1) is 0 Å². The average molecular weight is 252 g/mol. The van der Waals surface area contributed by atoms with Crippen molar-refractivity contribution in [1.82, 2.24) is 0 Å². The molecule has 0 aromatic heterocycles. The summed E-state index contributed by atoms with van der Waals surface area (Å²) in [7, 11) is 0. The number of hydrogen-bond donors (Lipinski definition) is 0. The number of benzene rings is 2. The van der Waals surface area contributed by atoms with Crippen molar-refractivity contribution in [3.8, 4) is 0 Å². The summed E-state index contributed by atoms with van der Waals surface area (Å²) in [6.45, 7) is 8.00. The van der Waals surface area contributed by atoms with Gasteiger partial charge in [-0.25, -0.2) is 0 Å². The quantitative estimate of drug-likeness (QED) is 0.667. The van der Waals surface area contributed by atoms with Crippen molar-refractivity contribution < 1.29 is 0 Å². The first-order valence-electron chi connectivity index (χ1n) is 7.28. The van der Waals surface area contributed by atoms with Crippen molar-refractivity contribution >= 4 is 12.2 Å². The zero-order valence-electron chi connectivity index (χ0n) is 12.5. The molecule has 0 saturated heterocycles. The maximum atomic E-state index is 2.30. The molecule has 0 atom stereocenters. The average Bonchev–Trinajstić information content (AvgIpc) is 2.70. The summed E-state index contributed by atoms with van der Waals surface area (Å²) in [6, 6.07) is 17.1. The van der Waals surface area contributed by atoms with Crippen LogP contribution in [0.4, 0.5) is 0 Å². The minimum Gasteiger partial charge on any atom is -0.0722 e. The summed E-state index contributed by atoms with van der Waals surface area (Å²) >= 11 is 0. The van der Waals surface area contributed by atoms with Crippen molar-refractivity contribution in [2.75, 3.05) is 0 Å². The fourth-order valence-corrected chi connectivity index (χ4v) is 2.08. The molecule has 0 nitrogen and oxygen atoms in total. The summed E-state index contributed by atoms with van der Waals surface area (Å²) in [5, 5.41) is 2.66. The van der Waals surface area contributed by atoms with Gasteiger partial charge in [0.05, 0.1) is 0 Å². The molecule has 19 heavy (non-hydrogen) atoms. The van der Waals surface area contributed by atoms with Crippen molar-refractivity contribution in [3.63, 3.8) is 0 Å². The highest BCUT2D eigenvalue weighted by Gasteiger charge is 2.00. The van der Waals surface area contributed by atoms with Crippen LogP contribution in [0.2, 0.25) is 0 Å². The second-order valence-electron chi connectivity index (χ2n) is 3.88. The van der Waals surface area contributed by atoms with Crippen LogP contribution in [0.15, 0.2) is 48.5 Å². The van der Waals surface area contributed by atoms with Crippen LogP contribution in [0.5, 0.6) is 0 Å². The van der Waals surface area contributed by atoms with E-state index in [0.717, 1.165) is 6.42 Å². The molecule has 0 amide bonds. The third kappa shape index (κ3) is 3.82. The first-order valence-corrected chi connectivity index (χ1v) is 7.28. The smallest absolute Gasteiger partial charge is 0.00823 e. The predicted molar refractivity (Wildman–Crippen MR) is 86.6 cm³/mol.